The average Bonchev–Trinajstić information content (AvgIpc) is 3.24. The van der Waals surface area contributed by atoms with Gasteiger partial charge in [0.1, 0.15) is 6.04 Å². The zero-order valence-electron chi connectivity index (χ0n) is 20.8. The largest absolute Gasteiger partial charge is 0.391 e. The third-order valence-electron chi connectivity index (χ3n) is 5.72. The van der Waals surface area contributed by atoms with Gasteiger partial charge in [-0.1, -0.05) is 44.9 Å². The van der Waals surface area contributed by atoms with Gasteiger partial charge in [-0.2, -0.15) is 0 Å². The number of carbonyl (C=O) groups excluding carboxylic acids is 2. The van der Waals surface area contributed by atoms with Crippen LogP contribution in [0.3, 0.4) is 0 Å². The highest BCUT2D eigenvalue weighted by atomic mass is 31.2. The number of rotatable bonds is 6. The number of hydrogen-bond acceptors (Lipinski definition) is 7. The summed E-state index contributed by atoms with van der Waals surface area (Å²) >= 11 is 0. The molecule has 1 unspecified atom stereocenters. The quantitative estimate of drug-likeness (QED) is 0.145. The normalized spacial score (nSPS) is 17.3. The number of hydrogen-bond donors (Lipinski definition) is 6. The summed E-state index contributed by atoms with van der Waals surface area (Å²) in [5.74, 6) is 10.2. The Hall–Kier alpha value is -2.83. The summed E-state index contributed by atoms with van der Waals surface area (Å²) < 4.78 is 0. The number of nitrogens with one attached hydrogen (secondary N) is 1. The van der Waals surface area contributed by atoms with Gasteiger partial charge in [-0.05, 0) is 46.4 Å². The lowest BCUT2D eigenvalue weighted by molar-refractivity contribution is -0.140. The zero-order valence-corrected chi connectivity index (χ0v) is 21.7. The second-order valence-electron chi connectivity index (χ2n) is 9.76. The number of amides is 2. The van der Waals surface area contributed by atoms with Gasteiger partial charge >= 0.3 is 0 Å². The molecule has 1 aliphatic heterocycles. The van der Waals surface area contributed by atoms with Gasteiger partial charge in [0.25, 0.3) is 0 Å². The molecule has 0 spiro atoms. The van der Waals surface area contributed by atoms with E-state index in [-0.39, 0.29) is 36.7 Å². The molecular weight excluding hydrogens is 479 g/mol. The first-order chi connectivity index (χ1) is 17.0. The molecule has 1 aliphatic rings. The average molecular weight is 515 g/mol. The number of β-amino-alcohol motifs (C(OH)–C–C–N with tert-alkyl or cyclic N) is 1. The van der Waals surface area contributed by atoms with Crippen molar-refractivity contribution in [3.63, 3.8) is 0 Å². The van der Waals surface area contributed by atoms with Gasteiger partial charge in [0, 0.05) is 36.8 Å². The Morgan fingerprint density at radius 2 is 1.81 bits per heavy atom. The van der Waals surface area contributed by atoms with Crippen molar-refractivity contribution < 1.29 is 24.5 Å². The van der Waals surface area contributed by atoms with E-state index >= 15 is 0 Å². The van der Waals surface area contributed by atoms with Crippen molar-refractivity contribution in [3.8, 4) is 23.5 Å². The van der Waals surface area contributed by atoms with Crippen LogP contribution in [0.2, 0.25) is 0 Å². The number of hydrazine groups is 1. The first kappa shape index (κ1) is 29.4. The van der Waals surface area contributed by atoms with E-state index in [4.69, 9.17) is 6.42 Å². The minimum atomic E-state index is -2.18. The maximum Gasteiger partial charge on any atom is 0.243 e. The van der Waals surface area contributed by atoms with Gasteiger partial charge in [0.15, 0.2) is 8.38 Å². The minimum Gasteiger partial charge on any atom is -0.391 e. The van der Waals surface area contributed by atoms with Crippen LogP contribution in [0, 0.1) is 17.8 Å². The molecule has 1 heterocycles. The molecule has 2 aromatic carbocycles. The number of benzene rings is 2. The third-order valence-corrected chi connectivity index (χ3v) is 6.48. The van der Waals surface area contributed by atoms with E-state index in [1.807, 2.05) is 32.9 Å². The molecule has 0 aromatic heterocycles. The summed E-state index contributed by atoms with van der Waals surface area (Å²) in [6.45, 7) is 6.25. The lowest BCUT2D eigenvalue weighted by Gasteiger charge is -2.27. The van der Waals surface area contributed by atoms with E-state index in [1.165, 1.54) is 4.90 Å². The molecule has 0 aliphatic carbocycles. The molecular formula is C26H35N4O5P. The van der Waals surface area contributed by atoms with Crippen molar-refractivity contribution in [1.29, 1.82) is 0 Å². The number of aliphatic hydroxyl groups excluding tert-OH is 1. The molecule has 0 saturated carbocycles. The Kier molecular flexibility index (Phi) is 10.6. The van der Waals surface area contributed by atoms with Gasteiger partial charge in [0.05, 0.1) is 6.10 Å². The van der Waals surface area contributed by atoms with E-state index in [2.05, 4.69) is 22.9 Å². The Morgan fingerprint density at radius 3 is 2.36 bits per heavy atom. The first-order valence-corrected chi connectivity index (χ1v) is 12.7. The van der Waals surface area contributed by atoms with Crippen LogP contribution < -0.4 is 22.3 Å². The van der Waals surface area contributed by atoms with Crippen molar-refractivity contribution in [1.82, 2.24) is 10.2 Å². The summed E-state index contributed by atoms with van der Waals surface area (Å²) in [6.07, 6.45) is 5.34. The molecule has 2 aromatic rings. The van der Waals surface area contributed by atoms with Gasteiger partial charge in [-0.15, -0.1) is 6.42 Å². The predicted octanol–water partition coefficient (Wildman–Crippen LogP) is 1.09. The first-order valence-electron chi connectivity index (χ1n) is 11.4. The number of aliphatic hydroxyl groups is 1. The van der Waals surface area contributed by atoms with E-state index in [9.17, 15) is 24.5 Å². The molecule has 36 heavy (non-hydrogen) atoms. The minimum absolute atomic E-state index is 0.143. The van der Waals surface area contributed by atoms with Crippen LogP contribution in [-0.4, -0.2) is 50.3 Å². The van der Waals surface area contributed by atoms with Crippen LogP contribution in [0.5, 0.6) is 0 Å². The molecule has 0 bridgehead atoms. The van der Waals surface area contributed by atoms with Crippen LogP contribution in [0.25, 0.3) is 11.1 Å². The summed E-state index contributed by atoms with van der Waals surface area (Å²) in [7, 11) is -2.18. The lowest BCUT2D eigenvalue weighted by atomic mass is 9.91. The number of likely N-dealkylation sites (tertiary alicyclic amines) is 1. The summed E-state index contributed by atoms with van der Waals surface area (Å²) in [4.78, 5) is 46.1. The fourth-order valence-electron chi connectivity index (χ4n) is 4.06. The topological polar surface area (TPSA) is 162 Å². The molecule has 0 radical (unpaired) electrons. The molecule has 8 N–H and O–H groups in total. The smallest absolute Gasteiger partial charge is 0.243 e. The zero-order chi connectivity index (χ0) is 27.0. The SMILES string of the molecule is C#Cc1ccc(CNC(=O)[C@@H]2CC(O)CN2C(=O)CC(C)(C)C)c(-c2ccc(P(O)O)cc2)c1.NN. The monoisotopic (exact) mass is 514 g/mol. The molecule has 2 amide bonds. The summed E-state index contributed by atoms with van der Waals surface area (Å²) in [6, 6.07) is 11.6. The highest BCUT2D eigenvalue weighted by Crippen LogP contribution is 2.29. The summed E-state index contributed by atoms with van der Waals surface area (Å²) in [5.41, 5.74) is 2.91. The maximum absolute atomic E-state index is 13.0. The Bertz CT molecular complexity index is 1090. The van der Waals surface area contributed by atoms with Crippen LogP contribution in [0.4, 0.5) is 0 Å². The van der Waals surface area contributed by atoms with E-state index in [0.717, 1.165) is 16.7 Å². The number of carbonyl (C=O) groups is 2. The van der Waals surface area contributed by atoms with Crippen molar-refractivity contribution in [2.75, 3.05) is 6.54 Å². The number of nitrogens with two attached hydrogens (primary N) is 2. The van der Waals surface area contributed by atoms with Crippen LogP contribution in [0.1, 0.15) is 44.7 Å². The Labute approximate surface area is 213 Å². The van der Waals surface area contributed by atoms with Crippen LogP contribution >= 0.6 is 8.38 Å². The molecule has 10 heteroatoms. The van der Waals surface area contributed by atoms with Crippen molar-refractivity contribution in [2.45, 2.75) is 52.3 Å². The maximum atomic E-state index is 13.0. The number of terminal acetylenes is 1. The molecule has 1 fully saturated rings. The van der Waals surface area contributed by atoms with Gasteiger partial charge < -0.3 is 25.1 Å². The second-order valence-corrected chi connectivity index (χ2v) is 10.9. The van der Waals surface area contributed by atoms with Crippen LogP contribution in [0.15, 0.2) is 42.5 Å². The molecule has 9 nitrogen and oxygen atoms in total. The molecule has 2 atom stereocenters. The highest BCUT2D eigenvalue weighted by Gasteiger charge is 2.39. The Balaban J connectivity index is 0.00000222. The van der Waals surface area contributed by atoms with Crippen molar-refractivity contribution in [3.05, 3.63) is 53.6 Å². The molecule has 194 valence electrons. The van der Waals surface area contributed by atoms with E-state index < -0.39 is 20.5 Å². The molecule has 3 rings (SSSR count). The standard InChI is InChI=1S/C26H31N2O5P.H4N2/c1-5-17-6-7-19(22(12-17)18-8-10-21(11-9-18)34(32)33)15-27-25(31)23-13-20(29)16-28(23)24(30)14-26(2,3)4;1-2/h1,6-12,20,23,29,32-33H,13-16H2,2-4H3,(H,27,31);1-2H2/t20?,23-;/m0./s1. The highest BCUT2D eigenvalue weighted by molar-refractivity contribution is 7.54. The number of nitrogens with zero attached hydrogens (tertiary/aromatic N) is 1. The van der Waals surface area contributed by atoms with Gasteiger partial charge in [-0.25, -0.2) is 0 Å². The van der Waals surface area contributed by atoms with E-state index in [1.54, 1.807) is 30.3 Å². The van der Waals surface area contributed by atoms with E-state index in [0.29, 0.717) is 17.3 Å². The van der Waals surface area contributed by atoms with Crippen molar-refractivity contribution in [2.24, 2.45) is 17.1 Å². The van der Waals surface area contributed by atoms with Gasteiger partial charge in [0.2, 0.25) is 11.8 Å². The predicted molar refractivity (Wildman–Crippen MR) is 141 cm³/mol. The third kappa shape index (κ3) is 7.84. The second kappa shape index (κ2) is 12.9. The fourth-order valence-corrected chi connectivity index (χ4v) is 4.47. The lowest BCUT2D eigenvalue weighted by Crippen LogP contribution is -2.46. The molecule has 1 saturated heterocycles. The Morgan fingerprint density at radius 1 is 1.17 bits per heavy atom. The summed E-state index contributed by atoms with van der Waals surface area (Å²) in [5, 5.41) is 13.5. The fraction of sp³-hybridized carbons (Fsp3) is 0.385. The van der Waals surface area contributed by atoms with Gasteiger partial charge in [-0.3, -0.25) is 21.3 Å². The van der Waals surface area contributed by atoms with Crippen LogP contribution in [-0.2, 0) is 16.1 Å². The van der Waals surface area contributed by atoms with Crippen molar-refractivity contribution >= 4 is 25.5 Å².